The van der Waals surface area contributed by atoms with Crippen LogP contribution in [0.1, 0.15) is 26.7 Å². The molecule has 0 amide bonds. The first-order chi connectivity index (χ1) is 5.90. The summed E-state index contributed by atoms with van der Waals surface area (Å²) in [6, 6.07) is 0. The van der Waals surface area contributed by atoms with Crippen molar-refractivity contribution in [2.75, 3.05) is 6.61 Å². The number of ketones is 1. The first-order valence-corrected chi connectivity index (χ1v) is 3.90. The highest BCUT2D eigenvalue weighted by atomic mass is 16.4. The van der Waals surface area contributed by atoms with Gasteiger partial charge in [0, 0.05) is 6.42 Å². The molecular weight excluding hydrogens is 176 g/mol. The summed E-state index contributed by atoms with van der Waals surface area (Å²) in [6.45, 7) is 2.77. The number of carboxylic acid groups (broad SMARTS) is 1. The van der Waals surface area contributed by atoms with Crippen LogP contribution in [0.2, 0.25) is 0 Å². The van der Waals surface area contributed by atoms with E-state index in [0.29, 0.717) is 0 Å². The molecule has 0 saturated heterocycles. The number of rotatable bonds is 4. The summed E-state index contributed by atoms with van der Waals surface area (Å²) in [6.07, 6.45) is -0.458. The van der Waals surface area contributed by atoms with Crippen molar-refractivity contribution < 1.29 is 24.9 Å². The molecule has 0 heterocycles. The number of carbonyl (C=O) groups excluding carboxylic acids is 1. The zero-order chi connectivity index (χ0) is 10.9. The third-order valence-corrected chi connectivity index (χ3v) is 0.955. The molecule has 0 rings (SSSR count). The maximum atomic E-state index is 10.1. The zero-order valence-corrected chi connectivity index (χ0v) is 7.86. The number of Topliss-reactive ketones (excluding diaryl/α,β-unsaturated/α-hetero) is 1. The zero-order valence-electron chi connectivity index (χ0n) is 7.86. The Morgan fingerprint density at radius 3 is 1.77 bits per heavy atom. The van der Waals surface area contributed by atoms with Crippen molar-refractivity contribution in [1.82, 2.24) is 0 Å². The van der Waals surface area contributed by atoms with E-state index in [1.807, 2.05) is 0 Å². The van der Waals surface area contributed by atoms with Gasteiger partial charge in [-0.15, -0.1) is 0 Å². The van der Waals surface area contributed by atoms with Gasteiger partial charge < -0.3 is 20.1 Å². The molecule has 0 aromatic carbocycles. The quantitative estimate of drug-likeness (QED) is 0.573. The van der Waals surface area contributed by atoms with Gasteiger partial charge in [0.25, 0.3) is 0 Å². The molecular formula is C8H16O5. The van der Waals surface area contributed by atoms with Crippen LogP contribution in [0, 0.1) is 0 Å². The summed E-state index contributed by atoms with van der Waals surface area (Å²) in [4.78, 5) is 19.8. The molecule has 0 aliphatic rings. The standard InChI is InChI=1S/C5H8O3.C3H8O2/c1-4(6)2-3-5(7)8;1-3(5)2-4/h2-3H2,1H3,(H,7,8);3-5H,2H2,1H3. The van der Waals surface area contributed by atoms with Gasteiger partial charge >= 0.3 is 5.97 Å². The second-order valence-corrected chi connectivity index (χ2v) is 2.63. The molecule has 0 aromatic rings. The lowest BCUT2D eigenvalue weighted by molar-refractivity contribution is -0.138. The summed E-state index contributed by atoms with van der Waals surface area (Å²) in [5.74, 6) is -0.993. The molecule has 0 spiro atoms. The molecule has 0 aromatic heterocycles. The predicted octanol–water partition coefficient (Wildman–Crippen LogP) is -0.200. The first kappa shape index (κ1) is 14.6. The third kappa shape index (κ3) is 24.7. The highest BCUT2D eigenvalue weighted by Crippen LogP contribution is 1.87. The van der Waals surface area contributed by atoms with E-state index >= 15 is 0 Å². The van der Waals surface area contributed by atoms with Crippen LogP contribution in [0.15, 0.2) is 0 Å². The number of aliphatic hydroxyl groups is 2. The maximum Gasteiger partial charge on any atom is 0.303 e. The Balaban J connectivity index is 0. The van der Waals surface area contributed by atoms with E-state index < -0.39 is 12.1 Å². The number of hydrogen-bond donors (Lipinski definition) is 3. The normalized spacial score (nSPS) is 11.1. The van der Waals surface area contributed by atoms with Gasteiger partial charge in [-0.05, 0) is 13.8 Å². The van der Waals surface area contributed by atoms with Gasteiger partial charge in [-0.2, -0.15) is 0 Å². The Morgan fingerprint density at radius 1 is 1.31 bits per heavy atom. The van der Waals surface area contributed by atoms with Crippen molar-refractivity contribution in [2.45, 2.75) is 32.8 Å². The van der Waals surface area contributed by atoms with Crippen molar-refractivity contribution in [3.8, 4) is 0 Å². The Morgan fingerprint density at radius 2 is 1.69 bits per heavy atom. The predicted molar refractivity (Wildman–Crippen MR) is 46.3 cm³/mol. The number of aliphatic hydroxyl groups excluding tert-OH is 2. The van der Waals surface area contributed by atoms with Gasteiger partial charge in [0.2, 0.25) is 0 Å². The number of hydrogen-bond acceptors (Lipinski definition) is 4. The molecule has 78 valence electrons. The Hall–Kier alpha value is -0.940. The average molecular weight is 192 g/mol. The van der Waals surface area contributed by atoms with E-state index in [2.05, 4.69) is 0 Å². The molecule has 0 aliphatic heterocycles. The fourth-order valence-electron chi connectivity index (χ4n) is 0.283. The van der Waals surface area contributed by atoms with E-state index in [1.165, 1.54) is 13.8 Å². The number of carbonyl (C=O) groups is 2. The summed E-state index contributed by atoms with van der Waals surface area (Å²) in [5, 5.41) is 24.0. The van der Waals surface area contributed by atoms with Gasteiger partial charge in [0.05, 0.1) is 19.1 Å². The van der Waals surface area contributed by atoms with E-state index in [9.17, 15) is 9.59 Å². The summed E-state index contributed by atoms with van der Waals surface area (Å²) in [7, 11) is 0. The van der Waals surface area contributed by atoms with Crippen molar-refractivity contribution >= 4 is 11.8 Å². The monoisotopic (exact) mass is 192 g/mol. The second kappa shape index (κ2) is 9.15. The van der Waals surface area contributed by atoms with Crippen LogP contribution in [0.3, 0.4) is 0 Å². The molecule has 3 N–H and O–H groups in total. The van der Waals surface area contributed by atoms with Crippen molar-refractivity contribution in [1.29, 1.82) is 0 Å². The molecule has 1 atom stereocenters. The number of carboxylic acids is 1. The number of aliphatic carboxylic acids is 1. The van der Waals surface area contributed by atoms with Crippen LogP contribution in [-0.4, -0.2) is 39.8 Å². The molecule has 5 heteroatoms. The van der Waals surface area contributed by atoms with Gasteiger partial charge in [-0.3, -0.25) is 4.79 Å². The molecule has 0 bridgehead atoms. The van der Waals surface area contributed by atoms with Crippen LogP contribution in [0.4, 0.5) is 0 Å². The second-order valence-electron chi connectivity index (χ2n) is 2.63. The lowest BCUT2D eigenvalue weighted by Gasteiger charge is -1.90. The van der Waals surface area contributed by atoms with Gasteiger partial charge in [0.15, 0.2) is 0 Å². The molecule has 0 fully saturated rings. The highest BCUT2D eigenvalue weighted by Gasteiger charge is 1.97. The molecule has 1 unspecified atom stereocenters. The Kier molecular flexibility index (Phi) is 10.3. The lowest BCUT2D eigenvalue weighted by atomic mass is 10.2. The molecule has 0 radical (unpaired) electrons. The lowest BCUT2D eigenvalue weighted by Crippen LogP contribution is -2.03. The minimum atomic E-state index is -0.916. The van der Waals surface area contributed by atoms with Crippen LogP contribution in [0.5, 0.6) is 0 Å². The highest BCUT2D eigenvalue weighted by molar-refractivity contribution is 5.80. The maximum absolute atomic E-state index is 10.1. The topological polar surface area (TPSA) is 94.8 Å². The summed E-state index contributed by atoms with van der Waals surface area (Å²) >= 11 is 0. The van der Waals surface area contributed by atoms with Crippen LogP contribution >= 0.6 is 0 Å². The summed E-state index contributed by atoms with van der Waals surface area (Å²) < 4.78 is 0. The molecule has 13 heavy (non-hydrogen) atoms. The van der Waals surface area contributed by atoms with E-state index in [-0.39, 0.29) is 25.2 Å². The van der Waals surface area contributed by atoms with Crippen molar-refractivity contribution in [2.24, 2.45) is 0 Å². The van der Waals surface area contributed by atoms with Crippen LogP contribution < -0.4 is 0 Å². The van der Waals surface area contributed by atoms with Gasteiger partial charge in [-0.25, -0.2) is 0 Å². The van der Waals surface area contributed by atoms with Crippen molar-refractivity contribution in [3.05, 3.63) is 0 Å². The molecule has 0 saturated carbocycles. The fraction of sp³-hybridized carbons (Fsp3) is 0.750. The fourth-order valence-corrected chi connectivity index (χ4v) is 0.283. The third-order valence-electron chi connectivity index (χ3n) is 0.955. The van der Waals surface area contributed by atoms with Crippen LogP contribution in [0.25, 0.3) is 0 Å². The first-order valence-electron chi connectivity index (χ1n) is 3.90. The van der Waals surface area contributed by atoms with Crippen LogP contribution in [-0.2, 0) is 9.59 Å². The SMILES string of the molecule is CC(=O)CCC(=O)O.CC(O)CO. The average Bonchev–Trinajstić information content (AvgIpc) is 2.02. The minimum absolute atomic E-state index is 0.0463. The smallest absolute Gasteiger partial charge is 0.303 e. The largest absolute Gasteiger partial charge is 0.481 e. The Labute approximate surface area is 77.0 Å². The summed E-state index contributed by atoms with van der Waals surface area (Å²) in [5.41, 5.74) is 0. The van der Waals surface area contributed by atoms with Gasteiger partial charge in [-0.1, -0.05) is 0 Å². The Bertz CT molecular complexity index is 139. The van der Waals surface area contributed by atoms with E-state index in [0.717, 1.165) is 0 Å². The van der Waals surface area contributed by atoms with E-state index in [4.69, 9.17) is 15.3 Å². The van der Waals surface area contributed by atoms with Gasteiger partial charge in [0.1, 0.15) is 5.78 Å². The molecule has 5 nitrogen and oxygen atoms in total. The minimum Gasteiger partial charge on any atom is -0.481 e. The van der Waals surface area contributed by atoms with Crippen molar-refractivity contribution in [3.63, 3.8) is 0 Å². The van der Waals surface area contributed by atoms with E-state index in [1.54, 1.807) is 0 Å². The molecule has 0 aliphatic carbocycles.